The van der Waals surface area contributed by atoms with Gasteiger partial charge in [-0.1, -0.05) is 25.0 Å². The number of carbonyl (C=O) groups is 1. The third kappa shape index (κ3) is 4.79. The molecule has 2 aromatic carbocycles. The third-order valence-corrected chi connectivity index (χ3v) is 9.19. The van der Waals surface area contributed by atoms with E-state index in [1.54, 1.807) is 17.0 Å². The van der Waals surface area contributed by atoms with Gasteiger partial charge in [0.1, 0.15) is 11.6 Å². The quantitative estimate of drug-likeness (QED) is 0.370. The standard InChI is InChI=1S/C29H33IN4O4/c1-18-6-3-2-4-11-34(18)26-22-14-33(15-24(22)31-28(32-26)38-17-29(16-35)9-10-29)27(37)21-13-20(36)12-19-7-5-8-23(30)25(19)21/h5,7-8,12-13,18,35-36H,2-4,6,9-11,14-17H2,1H3/t18-/m1/s1. The molecule has 200 valence electrons. The molecule has 3 aromatic rings. The van der Waals surface area contributed by atoms with Crippen LogP contribution in [0.25, 0.3) is 10.8 Å². The molecule has 8 nitrogen and oxygen atoms in total. The Labute approximate surface area is 236 Å². The van der Waals surface area contributed by atoms with Crippen LogP contribution in [0.3, 0.4) is 0 Å². The molecule has 2 fully saturated rings. The summed E-state index contributed by atoms with van der Waals surface area (Å²) in [5.74, 6) is 0.800. The van der Waals surface area contributed by atoms with Gasteiger partial charge in [-0.3, -0.25) is 4.79 Å². The van der Waals surface area contributed by atoms with Gasteiger partial charge in [0.2, 0.25) is 0 Å². The van der Waals surface area contributed by atoms with Crippen LogP contribution in [0, 0.1) is 8.99 Å². The molecule has 1 saturated heterocycles. The van der Waals surface area contributed by atoms with E-state index in [0.29, 0.717) is 37.3 Å². The summed E-state index contributed by atoms with van der Waals surface area (Å²) in [7, 11) is 0. The molecule has 3 aliphatic rings. The number of hydrogen-bond donors (Lipinski definition) is 2. The van der Waals surface area contributed by atoms with Crippen molar-refractivity contribution >= 4 is 45.1 Å². The molecule has 2 aliphatic heterocycles. The molecule has 3 heterocycles. The Hall–Kier alpha value is -2.66. The maximum Gasteiger partial charge on any atom is 0.318 e. The summed E-state index contributed by atoms with van der Waals surface area (Å²) in [6, 6.07) is 9.73. The van der Waals surface area contributed by atoms with Crippen molar-refractivity contribution in [3.8, 4) is 11.8 Å². The van der Waals surface area contributed by atoms with E-state index in [1.165, 1.54) is 12.8 Å². The van der Waals surface area contributed by atoms with Crippen LogP contribution in [0.15, 0.2) is 30.3 Å². The molecule has 0 spiro atoms. The smallest absolute Gasteiger partial charge is 0.318 e. The Balaban J connectivity index is 1.35. The number of aliphatic hydroxyl groups is 1. The van der Waals surface area contributed by atoms with Gasteiger partial charge in [-0.05, 0) is 78.8 Å². The van der Waals surface area contributed by atoms with Crippen molar-refractivity contribution < 1.29 is 19.7 Å². The van der Waals surface area contributed by atoms with Gasteiger partial charge in [0.05, 0.1) is 37.6 Å². The second-order valence-electron chi connectivity index (χ2n) is 11.1. The van der Waals surface area contributed by atoms with Crippen LogP contribution in [-0.2, 0) is 13.1 Å². The molecule has 0 radical (unpaired) electrons. The highest BCUT2D eigenvalue weighted by atomic mass is 127. The Kier molecular flexibility index (Phi) is 6.84. The predicted octanol–water partition coefficient (Wildman–Crippen LogP) is 5.02. The van der Waals surface area contributed by atoms with E-state index in [2.05, 4.69) is 34.4 Å². The molecular weight excluding hydrogens is 595 g/mol. The Bertz CT molecular complexity index is 1390. The highest BCUT2D eigenvalue weighted by Gasteiger charge is 2.43. The molecular formula is C29H33IN4O4. The molecule has 2 N–H and O–H groups in total. The van der Waals surface area contributed by atoms with E-state index < -0.39 is 0 Å². The zero-order valence-corrected chi connectivity index (χ0v) is 23.8. The molecule has 0 bridgehead atoms. The van der Waals surface area contributed by atoms with E-state index in [4.69, 9.17) is 14.7 Å². The van der Waals surface area contributed by atoms with Gasteiger partial charge in [0, 0.05) is 32.5 Å². The summed E-state index contributed by atoms with van der Waals surface area (Å²) in [4.78, 5) is 27.7. The van der Waals surface area contributed by atoms with Gasteiger partial charge >= 0.3 is 6.01 Å². The Morgan fingerprint density at radius 3 is 2.82 bits per heavy atom. The highest BCUT2D eigenvalue weighted by molar-refractivity contribution is 14.1. The van der Waals surface area contributed by atoms with Crippen molar-refractivity contribution in [3.63, 3.8) is 0 Å². The maximum atomic E-state index is 13.9. The first-order chi connectivity index (χ1) is 18.4. The second kappa shape index (κ2) is 10.1. The van der Waals surface area contributed by atoms with Gasteiger partial charge in [-0.15, -0.1) is 0 Å². The largest absolute Gasteiger partial charge is 0.508 e. The monoisotopic (exact) mass is 628 g/mol. The van der Waals surface area contributed by atoms with E-state index >= 15 is 0 Å². The molecule has 1 aliphatic carbocycles. The summed E-state index contributed by atoms with van der Waals surface area (Å²) >= 11 is 2.24. The fraction of sp³-hybridized carbons (Fsp3) is 0.483. The number of fused-ring (bicyclic) bond motifs is 2. The molecule has 1 atom stereocenters. The molecule has 6 rings (SSSR count). The minimum atomic E-state index is -0.173. The van der Waals surface area contributed by atoms with E-state index in [1.807, 2.05) is 18.2 Å². The lowest BCUT2D eigenvalue weighted by Gasteiger charge is -2.30. The number of aromatic nitrogens is 2. The van der Waals surface area contributed by atoms with Crippen molar-refractivity contribution in [1.29, 1.82) is 0 Å². The lowest BCUT2D eigenvalue weighted by atomic mass is 10.0. The number of anilines is 1. The number of benzene rings is 2. The lowest BCUT2D eigenvalue weighted by Crippen LogP contribution is -2.34. The minimum Gasteiger partial charge on any atom is -0.508 e. The van der Waals surface area contributed by atoms with Crippen LogP contribution in [0.2, 0.25) is 0 Å². The fourth-order valence-electron chi connectivity index (χ4n) is 5.70. The first kappa shape index (κ1) is 25.6. The SMILES string of the molecule is C[C@@H]1CCCCCN1c1nc(OCC2(CO)CC2)nc2c1CN(C(=O)c1cc(O)cc3cccc(I)c13)C2. The number of phenols is 1. The van der Waals surface area contributed by atoms with E-state index in [9.17, 15) is 15.0 Å². The average Bonchev–Trinajstić information content (AvgIpc) is 3.62. The topological polar surface area (TPSA) is 99.0 Å². The van der Waals surface area contributed by atoms with Gasteiger partial charge < -0.3 is 24.7 Å². The predicted molar refractivity (Wildman–Crippen MR) is 153 cm³/mol. The molecule has 9 heteroatoms. The summed E-state index contributed by atoms with van der Waals surface area (Å²) in [5.41, 5.74) is 2.10. The number of phenolic OH excluding ortho intramolecular Hbond substituents is 1. The molecule has 0 unspecified atom stereocenters. The summed E-state index contributed by atoms with van der Waals surface area (Å²) in [6.45, 7) is 4.42. The van der Waals surface area contributed by atoms with E-state index in [-0.39, 0.29) is 23.7 Å². The minimum absolute atomic E-state index is 0.0759. The van der Waals surface area contributed by atoms with Crippen molar-refractivity contribution in [3.05, 3.63) is 50.7 Å². The van der Waals surface area contributed by atoms with Crippen LogP contribution in [0.5, 0.6) is 11.8 Å². The van der Waals surface area contributed by atoms with Crippen LogP contribution in [0.4, 0.5) is 5.82 Å². The number of aromatic hydroxyl groups is 1. The molecule has 1 amide bonds. The third-order valence-electron chi connectivity index (χ3n) is 8.29. The van der Waals surface area contributed by atoms with Gasteiger partial charge in [-0.2, -0.15) is 9.97 Å². The maximum absolute atomic E-state index is 13.9. The van der Waals surface area contributed by atoms with Crippen molar-refractivity contribution in [2.45, 2.75) is 64.6 Å². The number of hydrogen-bond acceptors (Lipinski definition) is 7. The zero-order chi connectivity index (χ0) is 26.4. The lowest BCUT2D eigenvalue weighted by molar-refractivity contribution is 0.0751. The second-order valence-corrected chi connectivity index (χ2v) is 12.2. The van der Waals surface area contributed by atoms with Gasteiger partial charge in [0.15, 0.2) is 0 Å². The summed E-state index contributed by atoms with van der Waals surface area (Å²) in [5, 5.41) is 21.8. The zero-order valence-electron chi connectivity index (χ0n) is 21.6. The molecule has 38 heavy (non-hydrogen) atoms. The Morgan fingerprint density at radius 2 is 2.03 bits per heavy atom. The number of aliphatic hydroxyl groups excluding tert-OH is 1. The number of nitrogens with zero attached hydrogens (tertiary/aromatic N) is 4. The normalized spacial score (nSPS) is 20.3. The fourth-order valence-corrected chi connectivity index (χ4v) is 6.51. The van der Waals surface area contributed by atoms with E-state index in [0.717, 1.165) is 63.6 Å². The van der Waals surface area contributed by atoms with Crippen LogP contribution >= 0.6 is 22.6 Å². The van der Waals surface area contributed by atoms with Crippen molar-refractivity contribution in [2.75, 3.05) is 24.7 Å². The number of ether oxygens (including phenoxy) is 1. The van der Waals surface area contributed by atoms with Crippen LogP contribution < -0.4 is 9.64 Å². The van der Waals surface area contributed by atoms with Crippen molar-refractivity contribution in [2.24, 2.45) is 5.41 Å². The number of halogens is 1. The number of carbonyl (C=O) groups excluding carboxylic acids is 1. The molecule has 1 aromatic heterocycles. The number of rotatable bonds is 6. The Morgan fingerprint density at radius 1 is 1.18 bits per heavy atom. The highest BCUT2D eigenvalue weighted by Crippen LogP contribution is 2.45. The van der Waals surface area contributed by atoms with Crippen LogP contribution in [0.1, 0.15) is 67.1 Å². The van der Waals surface area contributed by atoms with Gasteiger partial charge in [-0.25, -0.2) is 0 Å². The van der Waals surface area contributed by atoms with Crippen LogP contribution in [-0.4, -0.2) is 56.8 Å². The van der Waals surface area contributed by atoms with Gasteiger partial charge in [0.25, 0.3) is 5.91 Å². The molecule has 1 saturated carbocycles. The first-order valence-electron chi connectivity index (χ1n) is 13.5. The summed E-state index contributed by atoms with van der Waals surface area (Å²) < 4.78 is 7.04. The number of amides is 1. The summed E-state index contributed by atoms with van der Waals surface area (Å²) in [6.07, 6.45) is 6.49. The van der Waals surface area contributed by atoms with Crippen molar-refractivity contribution in [1.82, 2.24) is 14.9 Å². The average molecular weight is 629 g/mol. The first-order valence-corrected chi connectivity index (χ1v) is 14.6.